The van der Waals surface area contributed by atoms with Crippen LogP contribution >= 0.6 is 0 Å². The van der Waals surface area contributed by atoms with E-state index >= 15 is 0 Å². The number of anilines is 1. The van der Waals surface area contributed by atoms with Crippen molar-refractivity contribution in [2.45, 2.75) is 33.7 Å². The lowest BCUT2D eigenvalue weighted by atomic mass is 10.2. The molecule has 0 saturated carbocycles. The molecule has 0 spiro atoms. The summed E-state index contributed by atoms with van der Waals surface area (Å²) in [5.41, 5.74) is 7.15. The monoisotopic (exact) mass is 192 g/mol. The molecule has 0 aliphatic heterocycles. The maximum absolute atomic E-state index is 8.89. The Labute approximate surface area is 84.3 Å². The van der Waals surface area contributed by atoms with Crippen molar-refractivity contribution < 1.29 is 0 Å². The van der Waals surface area contributed by atoms with Gasteiger partial charge in [0.05, 0.1) is 5.69 Å². The van der Waals surface area contributed by atoms with Gasteiger partial charge in [0.2, 0.25) is 0 Å². The molecule has 0 bridgehead atoms. The van der Waals surface area contributed by atoms with Gasteiger partial charge in [-0.05, 0) is 12.3 Å². The van der Waals surface area contributed by atoms with Gasteiger partial charge >= 0.3 is 0 Å². The molecular formula is C10H16N4. The molecule has 1 aromatic rings. The van der Waals surface area contributed by atoms with E-state index < -0.39 is 0 Å². The third-order valence-electron chi connectivity index (χ3n) is 2.05. The van der Waals surface area contributed by atoms with Crippen LogP contribution in [0.2, 0.25) is 0 Å². The summed E-state index contributed by atoms with van der Waals surface area (Å²) in [6, 6.07) is 2.10. The second kappa shape index (κ2) is 4.14. The average Bonchev–Trinajstić information content (AvgIpc) is 2.42. The van der Waals surface area contributed by atoms with Gasteiger partial charge in [-0.1, -0.05) is 20.8 Å². The average molecular weight is 192 g/mol. The number of aromatic nitrogens is 2. The Morgan fingerprint density at radius 3 is 2.57 bits per heavy atom. The van der Waals surface area contributed by atoms with Crippen LogP contribution in [0.3, 0.4) is 0 Å². The fourth-order valence-corrected chi connectivity index (χ4v) is 1.38. The van der Waals surface area contributed by atoms with Gasteiger partial charge < -0.3 is 5.73 Å². The van der Waals surface area contributed by atoms with Crippen molar-refractivity contribution in [3.05, 3.63) is 11.3 Å². The van der Waals surface area contributed by atoms with Crippen LogP contribution in [0.15, 0.2) is 0 Å². The molecule has 0 amide bonds. The smallest absolute Gasteiger partial charge is 0.140 e. The molecular weight excluding hydrogens is 176 g/mol. The predicted octanol–water partition coefficient (Wildman–Crippen LogP) is 1.56. The number of aryl methyl sites for hydroxylation is 1. The molecule has 0 aliphatic rings. The molecule has 76 valence electrons. The van der Waals surface area contributed by atoms with E-state index in [0.29, 0.717) is 17.3 Å². The molecule has 4 nitrogen and oxygen atoms in total. The van der Waals surface area contributed by atoms with Crippen molar-refractivity contribution in [3.8, 4) is 6.07 Å². The van der Waals surface area contributed by atoms with Crippen molar-refractivity contribution in [1.82, 2.24) is 9.78 Å². The summed E-state index contributed by atoms with van der Waals surface area (Å²) in [7, 11) is 0. The number of rotatable bonds is 3. The highest BCUT2D eigenvalue weighted by Gasteiger charge is 2.13. The molecule has 0 atom stereocenters. The first-order valence-corrected chi connectivity index (χ1v) is 4.85. The zero-order chi connectivity index (χ0) is 10.7. The Balaban J connectivity index is 3.09. The maximum Gasteiger partial charge on any atom is 0.140 e. The first-order valence-electron chi connectivity index (χ1n) is 4.85. The molecule has 1 rings (SSSR count). The van der Waals surface area contributed by atoms with Crippen LogP contribution in [0.1, 0.15) is 32.0 Å². The van der Waals surface area contributed by atoms with E-state index in [2.05, 4.69) is 25.0 Å². The van der Waals surface area contributed by atoms with Crippen molar-refractivity contribution in [1.29, 1.82) is 5.26 Å². The number of nitriles is 1. The van der Waals surface area contributed by atoms with Gasteiger partial charge in [-0.2, -0.15) is 10.4 Å². The van der Waals surface area contributed by atoms with Gasteiger partial charge in [0, 0.05) is 6.54 Å². The van der Waals surface area contributed by atoms with Crippen molar-refractivity contribution in [2.75, 3.05) is 5.73 Å². The van der Waals surface area contributed by atoms with E-state index in [1.54, 1.807) is 4.68 Å². The molecule has 0 fully saturated rings. The second-order valence-corrected chi connectivity index (χ2v) is 3.75. The highest BCUT2D eigenvalue weighted by Crippen LogP contribution is 2.17. The largest absolute Gasteiger partial charge is 0.383 e. The summed E-state index contributed by atoms with van der Waals surface area (Å²) in [5, 5.41) is 13.2. The standard InChI is InChI=1S/C10H16N4/c1-4-9-8(5-11)10(12)14(13-9)6-7(2)3/h7H,4,6,12H2,1-3H3. The Kier molecular flexibility index (Phi) is 3.13. The van der Waals surface area contributed by atoms with Crippen LogP contribution in [0, 0.1) is 17.2 Å². The Morgan fingerprint density at radius 2 is 2.21 bits per heavy atom. The molecule has 0 aromatic carbocycles. The molecule has 0 aliphatic carbocycles. The zero-order valence-corrected chi connectivity index (χ0v) is 8.91. The molecule has 0 radical (unpaired) electrons. The van der Waals surface area contributed by atoms with E-state index in [-0.39, 0.29) is 0 Å². The molecule has 0 unspecified atom stereocenters. The lowest BCUT2D eigenvalue weighted by Crippen LogP contribution is -2.09. The Bertz CT molecular complexity index is 357. The van der Waals surface area contributed by atoms with Crippen LogP contribution in [-0.4, -0.2) is 9.78 Å². The van der Waals surface area contributed by atoms with Crippen LogP contribution in [-0.2, 0) is 13.0 Å². The van der Waals surface area contributed by atoms with E-state index in [0.717, 1.165) is 18.7 Å². The molecule has 14 heavy (non-hydrogen) atoms. The third kappa shape index (κ3) is 1.87. The van der Waals surface area contributed by atoms with Crippen LogP contribution in [0.25, 0.3) is 0 Å². The number of hydrogen-bond donors (Lipinski definition) is 1. The maximum atomic E-state index is 8.89. The predicted molar refractivity (Wildman–Crippen MR) is 55.6 cm³/mol. The van der Waals surface area contributed by atoms with E-state index in [1.807, 2.05) is 6.92 Å². The lowest BCUT2D eigenvalue weighted by molar-refractivity contribution is 0.485. The fraction of sp³-hybridized carbons (Fsp3) is 0.600. The van der Waals surface area contributed by atoms with Gasteiger partial charge in [0.25, 0.3) is 0 Å². The molecule has 1 aromatic heterocycles. The van der Waals surface area contributed by atoms with Crippen LogP contribution in [0.4, 0.5) is 5.82 Å². The molecule has 0 saturated heterocycles. The van der Waals surface area contributed by atoms with Gasteiger partial charge in [0.15, 0.2) is 0 Å². The lowest BCUT2D eigenvalue weighted by Gasteiger charge is -2.06. The third-order valence-corrected chi connectivity index (χ3v) is 2.05. The van der Waals surface area contributed by atoms with E-state index in [1.165, 1.54) is 0 Å². The summed E-state index contributed by atoms with van der Waals surface area (Å²) in [4.78, 5) is 0. The Morgan fingerprint density at radius 1 is 1.57 bits per heavy atom. The van der Waals surface area contributed by atoms with Crippen LogP contribution in [0.5, 0.6) is 0 Å². The molecule has 4 heteroatoms. The minimum Gasteiger partial charge on any atom is -0.383 e. The highest BCUT2D eigenvalue weighted by atomic mass is 15.3. The van der Waals surface area contributed by atoms with Gasteiger partial charge in [-0.25, -0.2) is 4.68 Å². The Hall–Kier alpha value is -1.50. The summed E-state index contributed by atoms with van der Waals surface area (Å²) < 4.78 is 1.72. The summed E-state index contributed by atoms with van der Waals surface area (Å²) in [6.45, 7) is 6.93. The van der Waals surface area contributed by atoms with Gasteiger partial charge in [0.1, 0.15) is 17.5 Å². The number of nitrogens with two attached hydrogens (primary N) is 1. The molecule has 1 heterocycles. The normalized spacial score (nSPS) is 10.5. The first-order chi connectivity index (χ1) is 6.60. The summed E-state index contributed by atoms with van der Waals surface area (Å²) in [6.07, 6.45) is 0.748. The summed E-state index contributed by atoms with van der Waals surface area (Å²) in [5.74, 6) is 0.978. The molecule has 2 N–H and O–H groups in total. The fourth-order valence-electron chi connectivity index (χ4n) is 1.38. The zero-order valence-electron chi connectivity index (χ0n) is 8.91. The number of nitrogen functional groups attached to an aromatic ring is 1. The minimum absolute atomic E-state index is 0.480. The van der Waals surface area contributed by atoms with Crippen molar-refractivity contribution in [3.63, 3.8) is 0 Å². The summed E-state index contributed by atoms with van der Waals surface area (Å²) >= 11 is 0. The van der Waals surface area contributed by atoms with E-state index in [9.17, 15) is 0 Å². The number of hydrogen-bond acceptors (Lipinski definition) is 3. The quantitative estimate of drug-likeness (QED) is 0.790. The first kappa shape index (κ1) is 10.6. The van der Waals surface area contributed by atoms with Crippen molar-refractivity contribution >= 4 is 5.82 Å². The second-order valence-electron chi connectivity index (χ2n) is 3.75. The van der Waals surface area contributed by atoms with E-state index in [4.69, 9.17) is 11.0 Å². The minimum atomic E-state index is 0.480. The topological polar surface area (TPSA) is 67.6 Å². The van der Waals surface area contributed by atoms with Crippen molar-refractivity contribution in [2.24, 2.45) is 5.92 Å². The van der Waals surface area contributed by atoms with Gasteiger partial charge in [-0.15, -0.1) is 0 Å². The number of nitrogens with zero attached hydrogens (tertiary/aromatic N) is 3. The SMILES string of the molecule is CCc1nn(CC(C)C)c(N)c1C#N. The van der Waals surface area contributed by atoms with Gasteiger partial charge in [-0.3, -0.25) is 0 Å². The highest BCUT2D eigenvalue weighted by molar-refractivity contribution is 5.52. The van der Waals surface area contributed by atoms with Crippen LogP contribution < -0.4 is 5.73 Å².